The lowest BCUT2D eigenvalue weighted by atomic mass is 10.1. The lowest BCUT2D eigenvalue weighted by molar-refractivity contribution is -0.672. The molecule has 0 amide bonds. The molecule has 0 N–H and O–H groups in total. The van der Waals surface area contributed by atoms with Crippen LogP contribution in [0, 0.1) is 10.1 Å². The minimum Gasteiger partial charge on any atom is -1.00 e. The van der Waals surface area contributed by atoms with E-state index in [1.165, 1.54) is 24.3 Å². The summed E-state index contributed by atoms with van der Waals surface area (Å²) >= 11 is 0. The largest absolute Gasteiger partial charge is 1.00 e. The number of carbonyl (C=O) groups excluding carboxylic acids is 1. The summed E-state index contributed by atoms with van der Waals surface area (Å²) in [7, 11) is 0. The molecular weight excluding hydrogens is 386 g/mol. The number of pyridine rings is 2. The van der Waals surface area contributed by atoms with Crippen LogP contribution in [0.4, 0.5) is 5.69 Å². The Morgan fingerprint density at radius 3 is 2.40 bits per heavy atom. The number of hydrogen-bond acceptors (Lipinski definition) is 4. The molecule has 3 aromatic rings. The molecule has 6 nitrogen and oxygen atoms in total. The van der Waals surface area contributed by atoms with Crippen LogP contribution in [0.3, 0.4) is 0 Å². The van der Waals surface area contributed by atoms with E-state index in [2.05, 4.69) is 4.98 Å². The molecule has 0 aliphatic rings. The number of rotatable bonds is 5. The molecule has 0 spiro atoms. The average molecular weight is 400 g/mol. The number of benzene rings is 1. The lowest BCUT2D eigenvalue weighted by Crippen LogP contribution is -3.00. The third kappa shape index (κ3) is 4.33. The van der Waals surface area contributed by atoms with Crippen molar-refractivity contribution in [2.45, 2.75) is 6.54 Å². The van der Waals surface area contributed by atoms with Crippen molar-refractivity contribution in [1.82, 2.24) is 4.98 Å². The highest BCUT2D eigenvalue weighted by Crippen LogP contribution is 2.14. The predicted octanol–water partition coefficient (Wildman–Crippen LogP) is -0.169. The second kappa shape index (κ2) is 8.25. The number of carbonyl (C=O) groups is 1. The van der Waals surface area contributed by atoms with Crippen molar-refractivity contribution >= 4 is 11.5 Å². The molecule has 7 heteroatoms. The Balaban J connectivity index is 0.00000225. The number of non-ortho nitro benzene ring substituents is 1. The van der Waals surface area contributed by atoms with Gasteiger partial charge in [-0.25, -0.2) is 4.98 Å². The van der Waals surface area contributed by atoms with Crippen molar-refractivity contribution in [2.75, 3.05) is 0 Å². The average Bonchev–Trinajstić information content (AvgIpc) is 2.63. The van der Waals surface area contributed by atoms with Gasteiger partial charge < -0.3 is 17.0 Å². The quantitative estimate of drug-likeness (QED) is 0.258. The van der Waals surface area contributed by atoms with Gasteiger partial charge in [-0.05, 0) is 30.3 Å². The van der Waals surface area contributed by atoms with Crippen molar-refractivity contribution in [2.24, 2.45) is 0 Å². The van der Waals surface area contributed by atoms with E-state index >= 15 is 0 Å². The van der Waals surface area contributed by atoms with Crippen LogP contribution in [0.15, 0.2) is 73.1 Å². The number of aromatic nitrogens is 2. The lowest BCUT2D eigenvalue weighted by Gasteiger charge is -2.03. The first kappa shape index (κ1) is 18.4. The van der Waals surface area contributed by atoms with Crippen LogP contribution in [0.25, 0.3) is 11.4 Å². The molecule has 126 valence electrons. The third-order valence-electron chi connectivity index (χ3n) is 3.58. The van der Waals surface area contributed by atoms with Gasteiger partial charge in [-0.2, -0.15) is 4.57 Å². The molecule has 0 unspecified atom stereocenters. The number of hydrogen-bond donors (Lipinski definition) is 0. The zero-order valence-corrected chi connectivity index (χ0v) is 14.7. The predicted molar refractivity (Wildman–Crippen MR) is 87.3 cm³/mol. The molecular formula is C18H14BrN3O3. The van der Waals surface area contributed by atoms with Gasteiger partial charge in [0.15, 0.2) is 6.20 Å². The number of nitrogens with zero attached hydrogens (tertiary/aromatic N) is 3. The zero-order valence-electron chi connectivity index (χ0n) is 13.1. The monoisotopic (exact) mass is 399 g/mol. The maximum Gasteiger partial charge on any atom is 0.269 e. The van der Waals surface area contributed by atoms with Gasteiger partial charge in [0.05, 0.1) is 4.92 Å². The molecule has 2 aromatic heterocycles. The van der Waals surface area contributed by atoms with Crippen molar-refractivity contribution in [3.8, 4) is 11.4 Å². The minimum atomic E-state index is -0.487. The molecule has 1 aromatic carbocycles. The summed E-state index contributed by atoms with van der Waals surface area (Å²) in [5.74, 6) is -0.127. The number of ketones is 1. The molecule has 0 radical (unpaired) electrons. The van der Waals surface area contributed by atoms with Gasteiger partial charge in [0, 0.05) is 36.0 Å². The molecule has 0 fully saturated rings. The fraction of sp³-hybridized carbons (Fsp3) is 0.0556. The van der Waals surface area contributed by atoms with E-state index in [4.69, 9.17) is 0 Å². The first-order valence-corrected chi connectivity index (χ1v) is 7.32. The Labute approximate surface area is 154 Å². The molecule has 2 heterocycles. The van der Waals surface area contributed by atoms with Crippen LogP contribution in [-0.4, -0.2) is 15.7 Å². The number of Topliss-reactive ketones (excluding diaryl/α,β-unsaturated/α-hetero) is 1. The second-order valence-corrected chi connectivity index (χ2v) is 5.16. The molecule has 0 atom stereocenters. The Kier molecular flexibility index (Phi) is 6.08. The summed E-state index contributed by atoms with van der Waals surface area (Å²) in [6.07, 6.45) is 3.51. The molecule has 0 aliphatic carbocycles. The number of halogens is 1. The molecule has 0 saturated carbocycles. The SMILES string of the molecule is O=C(C[n+]1ccccc1-c1ccccn1)c1ccc([N+](=O)[O-])cc1.[Br-]. The van der Waals surface area contributed by atoms with Crippen molar-refractivity contribution < 1.29 is 31.3 Å². The summed E-state index contributed by atoms with van der Waals surface area (Å²) in [5, 5.41) is 10.7. The van der Waals surface area contributed by atoms with Gasteiger partial charge in [0.25, 0.3) is 5.69 Å². The highest BCUT2D eigenvalue weighted by atomic mass is 79.9. The maximum absolute atomic E-state index is 12.5. The van der Waals surface area contributed by atoms with E-state index in [1.54, 1.807) is 6.20 Å². The highest BCUT2D eigenvalue weighted by Gasteiger charge is 2.18. The summed E-state index contributed by atoms with van der Waals surface area (Å²) in [6, 6.07) is 16.8. The van der Waals surface area contributed by atoms with E-state index < -0.39 is 4.92 Å². The topological polar surface area (TPSA) is 77.0 Å². The summed E-state index contributed by atoms with van der Waals surface area (Å²) < 4.78 is 1.81. The Morgan fingerprint density at radius 1 is 1.04 bits per heavy atom. The zero-order chi connectivity index (χ0) is 16.9. The van der Waals surface area contributed by atoms with Gasteiger partial charge in [-0.3, -0.25) is 14.9 Å². The fourth-order valence-electron chi connectivity index (χ4n) is 2.38. The van der Waals surface area contributed by atoms with E-state index in [0.29, 0.717) is 5.56 Å². The van der Waals surface area contributed by atoms with Crippen LogP contribution in [0.5, 0.6) is 0 Å². The van der Waals surface area contributed by atoms with Gasteiger partial charge in [-0.1, -0.05) is 6.07 Å². The van der Waals surface area contributed by atoms with Gasteiger partial charge in [0.1, 0.15) is 5.69 Å². The summed E-state index contributed by atoms with van der Waals surface area (Å²) in [5.41, 5.74) is 2.00. The van der Waals surface area contributed by atoms with E-state index in [0.717, 1.165) is 11.4 Å². The van der Waals surface area contributed by atoms with Crippen molar-refractivity contribution in [3.63, 3.8) is 0 Å². The Morgan fingerprint density at radius 2 is 1.76 bits per heavy atom. The van der Waals surface area contributed by atoms with E-state index in [1.807, 2.05) is 47.2 Å². The normalized spacial score (nSPS) is 9.92. The van der Waals surface area contributed by atoms with Gasteiger partial charge >= 0.3 is 0 Å². The first-order valence-electron chi connectivity index (χ1n) is 7.32. The van der Waals surface area contributed by atoms with Crippen LogP contribution < -0.4 is 21.5 Å². The third-order valence-corrected chi connectivity index (χ3v) is 3.58. The van der Waals surface area contributed by atoms with E-state index in [9.17, 15) is 14.9 Å². The summed E-state index contributed by atoms with van der Waals surface area (Å²) in [6.45, 7) is 0.130. The highest BCUT2D eigenvalue weighted by molar-refractivity contribution is 5.95. The number of nitro benzene ring substituents is 1. The van der Waals surface area contributed by atoms with Gasteiger partial charge in [0.2, 0.25) is 18.0 Å². The van der Waals surface area contributed by atoms with Crippen LogP contribution >= 0.6 is 0 Å². The molecule has 0 aliphatic heterocycles. The summed E-state index contributed by atoms with van der Waals surface area (Å²) in [4.78, 5) is 27.0. The van der Waals surface area contributed by atoms with E-state index in [-0.39, 0.29) is 35.0 Å². The first-order chi connectivity index (χ1) is 11.6. The molecule has 3 rings (SSSR count). The van der Waals surface area contributed by atoms with Gasteiger partial charge in [-0.15, -0.1) is 0 Å². The van der Waals surface area contributed by atoms with Crippen molar-refractivity contribution in [3.05, 3.63) is 88.7 Å². The Hall–Kier alpha value is -2.93. The fourth-order valence-corrected chi connectivity index (χ4v) is 2.38. The van der Waals surface area contributed by atoms with Crippen molar-refractivity contribution in [1.29, 1.82) is 0 Å². The standard InChI is InChI=1S/C18H14N3O3.BrH/c22-18(14-7-9-15(10-8-14)21(23)24)13-20-12-4-2-6-17(20)16-5-1-3-11-19-16;/h1-12H,13H2;1H/q+1;/p-1. The Bertz CT molecular complexity index is 884. The molecule has 0 bridgehead atoms. The van der Waals surface area contributed by atoms with Crippen LogP contribution in [-0.2, 0) is 6.54 Å². The minimum absolute atomic E-state index is 0. The molecule has 0 saturated heterocycles. The maximum atomic E-state index is 12.5. The smallest absolute Gasteiger partial charge is 0.269 e. The van der Waals surface area contributed by atoms with Crippen LogP contribution in [0.2, 0.25) is 0 Å². The number of nitro groups is 1. The van der Waals surface area contributed by atoms with Crippen LogP contribution in [0.1, 0.15) is 10.4 Å². The second-order valence-electron chi connectivity index (χ2n) is 5.16. The molecule has 25 heavy (non-hydrogen) atoms.